The smallest absolute Gasteiger partial charge is 0.276 e. The fraction of sp³-hybridized carbons (Fsp3) is 0.538. The molecule has 0 atom stereocenters. The van der Waals surface area contributed by atoms with Gasteiger partial charge in [0.15, 0.2) is 0 Å². The van der Waals surface area contributed by atoms with Gasteiger partial charge in [0, 0.05) is 31.6 Å². The number of nitrogens with zero attached hydrogens (tertiary/aromatic N) is 6. The predicted molar refractivity (Wildman–Crippen MR) is 84.4 cm³/mol. The second kappa shape index (κ2) is 5.41. The second-order valence-electron chi connectivity index (χ2n) is 5.44. The van der Waals surface area contributed by atoms with Crippen LogP contribution in [0.15, 0.2) is 0 Å². The topological polar surface area (TPSA) is 80.5 Å². The molecular weight excluding hydrogens is 302 g/mol. The maximum Gasteiger partial charge on any atom is 0.276 e. The molecule has 8 nitrogen and oxygen atoms in total. The third-order valence-corrected chi connectivity index (χ3v) is 5.11. The van der Waals surface area contributed by atoms with Crippen molar-refractivity contribution >= 4 is 33.1 Å². The first-order chi connectivity index (χ1) is 10.8. The van der Waals surface area contributed by atoms with Crippen molar-refractivity contribution in [3.05, 3.63) is 10.4 Å². The monoisotopic (exact) mass is 319 g/mol. The summed E-state index contributed by atoms with van der Waals surface area (Å²) in [5.41, 5.74) is 1.38. The number of hydrogen-bond acceptors (Lipinski definition) is 8. The molecule has 0 spiro atoms. The van der Waals surface area contributed by atoms with E-state index < -0.39 is 0 Å². The van der Waals surface area contributed by atoms with Crippen LogP contribution in [0.4, 0.5) is 5.82 Å². The Morgan fingerprint density at radius 1 is 1.41 bits per heavy atom. The average Bonchev–Trinajstić information content (AvgIpc) is 3.10. The Hall–Kier alpha value is -1.84. The van der Waals surface area contributed by atoms with Crippen LogP contribution in [-0.2, 0) is 17.7 Å². The van der Waals surface area contributed by atoms with Gasteiger partial charge in [0.05, 0.1) is 12.0 Å². The van der Waals surface area contributed by atoms with E-state index in [-0.39, 0.29) is 0 Å². The number of nitrogens with one attached hydrogen (secondary N) is 1. The lowest BCUT2D eigenvalue weighted by molar-refractivity contribution is 0.210. The average molecular weight is 319 g/mol. The summed E-state index contributed by atoms with van der Waals surface area (Å²) in [5.74, 6) is 1.38. The van der Waals surface area contributed by atoms with Crippen molar-refractivity contribution in [2.75, 3.05) is 39.2 Å². The first kappa shape index (κ1) is 13.8. The normalized spacial score (nSPS) is 15.5. The summed E-state index contributed by atoms with van der Waals surface area (Å²) in [6.07, 6.45) is 1.03. The number of likely N-dealkylation sites (N-methyl/N-ethyl adjacent to an activating group) is 1. The summed E-state index contributed by atoms with van der Waals surface area (Å²) in [7, 11) is 3.84. The van der Waals surface area contributed by atoms with E-state index in [1.165, 1.54) is 10.4 Å². The molecule has 0 fully saturated rings. The standard InChI is InChI=1S/C13H17N7OS/c1-19-5-3-8-9(7-19)22-12-10(8)11(14-4-6-21-2)15-13-16-17-18-20(12)13/h3-7H2,1-2H3,(H,14,15,16,18). The Morgan fingerprint density at radius 2 is 2.32 bits per heavy atom. The van der Waals surface area contributed by atoms with Gasteiger partial charge < -0.3 is 15.0 Å². The third kappa shape index (κ3) is 2.13. The number of tetrazole rings is 1. The van der Waals surface area contributed by atoms with E-state index in [9.17, 15) is 0 Å². The summed E-state index contributed by atoms with van der Waals surface area (Å²) in [6.45, 7) is 3.37. The molecule has 3 aromatic heterocycles. The van der Waals surface area contributed by atoms with E-state index in [0.29, 0.717) is 18.9 Å². The Balaban J connectivity index is 1.91. The number of fused-ring (bicyclic) bond motifs is 5. The number of hydrogen-bond donors (Lipinski definition) is 1. The molecule has 0 saturated carbocycles. The van der Waals surface area contributed by atoms with E-state index in [2.05, 4.69) is 37.8 Å². The molecular formula is C13H17N7OS. The molecule has 22 heavy (non-hydrogen) atoms. The van der Waals surface area contributed by atoms with Crippen LogP contribution in [0, 0.1) is 0 Å². The van der Waals surface area contributed by atoms with Crippen LogP contribution in [-0.4, -0.2) is 63.8 Å². The highest BCUT2D eigenvalue weighted by Crippen LogP contribution is 2.38. The Kier molecular flexibility index (Phi) is 3.40. The summed E-state index contributed by atoms with van der Waals surface area (Å²) < 4.78 is 6.85. The highest BCUT2D eigenvalue weighted by Gasteiger charge is 2.24. The molecule has 3 aromatic rings. The van der Waals surface area contributed by atoms with Crippen LogP contribution in [0.1, 0.15) is 10.4 Å². The number of ether oxygens (including phenoxy) is 1. The van der Waals surface area contributed by atoms with E-state index in [4.69, 9.17) is 4.74 Å². The van der Waals surface area contributed by atoms with Crippen molar-refractivity contribution in [1.29, 1.82) is 0 Å². The lowest BCUT2D eigenvalue weighted by atomic mass is 10.1. The fourth-order valence-electron chi connectivity index (χ4n) is 2.85. The molecule has 4 heterocycles. The van der Waals surface area contributed by atoms with Gasteiger partial charge >= 0.3 is 0 Å². The van der Waals surface area contributed by atoms with Gasteiger partial charge in [-0.1, -0.05) is 5.10 Å². The molecule has 1 aliphatic heterocycles. The summed E-state index contributed by atoms with van der Waals surface area (Å²) in [4.78, 5) is 9.36. The Labute approximate surface area is 131 Å². The summed E-state index contributed by atoms with van der Waals surface area (Å²) >= 11 is 1.76. The Bertz CT molecular complexity index is 827. The number of thiophene rings is 1. The van der Waals surface area contributed by atoms with Gasteiger partial charge in [-0.2, -0.15) is 9.50 Å². The highest BCUT2D eigenvalue weighted by atomic mass is 32.1. The van der Waals surface area contributed by atoms with Gasteiger partial charge in [0.25, 0.3) is 5.78 Å². The maximum absolute atomic E-state index is 5.12. The maximum atomic E-state index is 5.12. The van der Waals surface area contributed by atoms with E-state index >= 15 is 0 Å². The van der Waals surface area contributed by atoms with Crippen LogP contribution >= 0.6 is 11.3 Å². The zero-order valence-electron chi connectivity index (χ0n) is 12.5. The van der Waals surface area contributed by atoms with Gasteiger partial charge in [-0.15, -0.1) is 11.3 Å². The largest absolute Gasteiger partial charge is 0.383 e. The first-order valence-corrected chi connectivity index (χ1v) is 8.03. The SMILES string of the molecule is COCCNc1nc2nnnn2c2sc3c(c12)CCN(C)C3. The van der Waals surface area contributed by atoms with Gasteiger partial charge in [-0.05, 0) is 29.5 Å². The van der Waals surface area contributed by atoms with Crippen molar-refractivity contribution in [2.24, 2.45) is 0 Å². The molecule has 0 saturated heterocycles. The summed E-state index contributed by atoms with van der Waals surface area (Å²) in [6, 6.07) is 0. The minimum Gasteiger partial charge on any atom is -0.383 e. The second-order valence-corrected chi connectivity index (χ2v) is 6.53. The molecule has 0 aliphatic carbocycles. The molecule has 0 aromatic carbocycles. The van der Waals surface area contributed by atoms with Crippen LogP contribution in [0.5, 0.6) is 0 Å². The molecule has 1 aliphatic rings. The molecule has 9 heteroatoms. The lowest BCUT2D eigenvalue weighted by Crippen LogP contribution is -2.25. The van der Waals surface area contributed by atoms with E-state index in [1.807, 2.05) is 0 Å². The van der Waals surface area contributed by atoms with Crippen molar-refractivity contribution in [2.45, 2.75) is 13.0 Å². The van der Waals surface area contributed by atoms with Crippen molar-refractivity contribution < 1.29 is 4.74 Å². The number of rotatable bonds is 4. The van der Waals surface area contributed by atoms with Crippen molar-refractivity contribution in [1.82, 2.24) is 29.9 Å². The quantitative estimate of drug-likeness (QED) is 0.712. The van der Waals surface area contributed by atoms with Gasteiger partial charge in [-0.3, -0.25) is 0 Å². The predicted octanol–water partition coefficient (Wildman–Crippen LogP) is 0.780. The highest BCUT2D eigenvalue weighted by molar-refractivity contribution is 7.19. The van der Waals surface area contributed by atoms with E-state index in [1.54, 1.807) is 23.0 Å². The molecule has 0 bridgehead atoms. The molecule has 1 N–H and O–H groups in total. The molecule has 116 valence electrons. The van der Waals surface area contributed by atoms with Crippen LogP contribution in [0.2, 0.25) is 0 Å². The molecule has 0 unspecified atom stereocenters. The van der Waals surface area contributed by atoms with Crippen LogP contribution in [0.25, 0.3) is 16.0 Å². The summed E-state index contributed by atoms with van der Waals surface area (Å²) in [5, 5.41) is 16.4. The van der Waals surface area contributed by atoms with Crippen molar-refractivity contribution in [3.63, 3.8) is 0 Å². The van der Waals surface area contributed by atoms with Crippen LogP contribution < -0.4 is 5.32 Å². The van der Waals surface area contributed by atoms with Gasteiger partial charge in [0.2, 0.25) is 0 Å². The molecule has 0 amide bonds. The van der Waals surface area contributed by atoms with Crippen molar-refractivity contribution in [3.8, 4) is 0 Å². The first-order valence-electron chi connectivity index (χ1n) is 7.21. The van der Waals surface area contributed by atoms with Gasteiger partial charge in [-0.25, -0.2) is 0 Å². The Morgan fingerprint density at radius 3 is 3.18 bits per heavy atom. The zero-order valence-corrected chi connectivity index (χ0v) is 13.4. The molecule has 4 rings (SSSR count). The number of anilines is 1. The minimum absolute atomic E-state index is 0.527. The van der Waals surface area contributed by atoms with Gasteiger partial charge in [0.1, 0.15) is 10.6 Å². The third-order valence-electron chi connectivity index (χ3n) is 3.92. The van der Waals surface area contributed by atoms with E-state index in [0.717, 1.165) is 35.5 Å². The number of methoxy groups -OCH3 is 1. The lowest BCUT2D eigenvalue weighted by Gasteiger charge is -2.22. The van der Waals surface area contributed by atoms with Crippen LogP contribution in [0.3, 0.4) is 0 Å². The number of aromatic nitrogens is 5. The zero-order chi connectivity index (χ0) is 15.1. The fourth-order valence-corrected chi connectivity index (χ4v) is 4.22. The minimum atomic E-state index is 0.527. The molecule has 0 radical (unpaired) electrons.